The normalized spacial score (nSPS) is 21.8. The van der Waals surface area contributed by atoms with Gasteiger partial charge in [0.05, 0.1) is 9.89 Å². The Kier molecular flexibility index (Phi) is 5.19. The summed E-state index contributed by atoms with van der Waals surface area (Å²) in [7, 11) is 0. The molecule has 3 nitrogen and oxygen atoms in total. The molecule has 104 valence electrons. The number of carbonyl (C=O) groups is 1. The summed E-state index contributed by atoms with van der Waals surface area (Å²) in [4.78, 5) is 15.0. The number of aliphatic hydroxyl groups excluding tert-OH is 1. The Balaban J connectivity index is 1.94. The second kappa shape index (κ2) is 6.68. The number of nitrogens with zero attached hydrogens (tertiary/aromatic N) is 1. The standard InChI is InChI=1S/C14H18BrNO2S/c1-10(17)11-3-2-8-16(9-11)14(18)7-5-12-4-6-13(15)19-12/h4-7,10-11,17H,2-3,8-9H2,1H3/b7-5+. The van der Waals surface area contributed by atoms with Crippen LogP contribution in [0.25, 0.3) is 6.08 Å². The molecule has 0 bridgehead atoms. The van der Waals surface area contributed by atoms with Gasteiger partial charge in [-0.05, 0) is 53.9 Å². The molecule has 2 heterocycles. The molecule has 5 heteroatoms. The summed E-state index contributed by atoms with van der Waals surface area (Å²) in [6.07, 6.45) is 5.11. The van der Waals surface area contributed by atoms with Gasteiger partial charge in [-0.25, -0.2) is 0 Å². The largest absolute Gasteiger partial charge is 0.393 e. The van der Waals surface area contributed by atoms with Crippen molar-refractivity contribution in [1.82, 2.24) is 4.90 Å². The molecule has 2 rings (SSSR count). The van der Waals surface area contributed by atoms with Crippen LogP contribution < -0.4 is 0 Å². The van der Waals surface area contributed by atoms with Crippen LogP contribution in [0.4, 0.5) is 0 Å². The van der Waals surface area contributed by atoms with E-state index in [2.05, 4.69) is 15.9 Å². The third kappa shape index (κ3) is 4.16. The number of carbonyl (C=O) groups excluding carboxylic acids is 1. The van der Waals surface area contributed by atoms with Crippen molar-refractivity contribution in [2.75, 3.05) is 13.1 Å². The first-order chi connectivity index (χ1) is 9.06. The van der Waals surface area contributed by atoms with Gasteiger partial charge in [0.2, 0.25) is 5.91 Å². The molecule has 0 aliphatic carbocycles. The van der Waals surface area contributed by atoms with E-state index in [0.29, 0.717) is 6.54 Å². The number of halogens is 1. The van der Waals surface area contributed by atoms with Crippen molar-refractivity contribution in [3.63, 3.8) is 0 Å². The number of aliphatic hydroxyl groups is 1. The Morgan fingerprint density at radius 1 is 1.63 bits per heavy atom. The predicted molar refractivity (Wildman–Crippen MR) is 82.0 cm³/mol. The number of hydrogen-bond donors (Lipinski definition) is 1. The quantitative estimate of drug-likeness (QED) is 0.856. The second-order valence-corrected chi connectivity index (χ2v) is 7.40. The molecule has 0 saturated carbocycles. The highest BCUT2D eigenvalue weighted by atomic mass is 79.9. The maximum atomic E-state index is 12.1. The fourth-order valence-corrected chi connectivity index (χ4v) is 3.61. The maximum absolute atomic E-state index is 12.1. The van der Waals surface area contributed by atoms with Crippen LogP contribution in [0.5, 0.6) is 0 Å². The number of thiophene rings is 1. The number of hydrogen-bond acceptors (Lipinski definition) is 3. The molecule has 1 amide bonds. The van der Waals surface area contributed by atoms with Gasteiger partial charge in [-0.15, -0.1) is 11.3 Å². The van der Waals surface area contributed by atoms with Crippen molar-refractivity contribution in [3.8, 4) is 0 Å². The van der Waals surface area contributed by atoms with E-state index in [1.807, 2.05) is 23.1 Å². The van der Waals surface area contributed by atoms with Crippen LogP contribution >= 0.6 is 27.3 Å². The highest BCUT2D eigenvalue weighted by Crippen LogP contribution is 2.23. The number of likely N-dealkylation sites (tertiary alicyclic amines) is 1. The molecule has 2 atom stereocenters. The van der Waals surface area contributed by atoms with Crippen molar-refractivity contribution in [2.45, 2.75) is 25.9 Å². The summed E-state index contributed by atoms with van der Waals surface area (Å²) in [6.45, 7) is 3.26. The average molecular weight is 344 g/mol. The summed E-state index contributed by atoms with van der Waals surface area (Å²) in [5.41, 5.74) is 0. The zero-order chi connectivity index (χ0) is 13.8. The van der Waals surface area contributed by atoms with Crippen LogP contribution in [0, 0.1) is 5.92 Å². The van der Waals surface area contributed by atoms with Crippen molar-refractivity contribution < 1.29 is 9.90 Å². The first-order valence-electron chi connectivity index (χ1n) is 6.46. The highest BCUT2D eigenvalue weighted by Gasteiger charge is 2.25. The van der Waals surface area contributed by atoms with E-state index in [1.165, 1.54) is 0 Å². The lowest BCUT2D eigenvalue weighted by Crippen LogP contribution is -2.42. The SMILES string of the molecule is CC(O)C1CCCN(C(=O)/C=C/c2ccc(Br)s2)C1. The monoisotopic (exact) mass is 343 g/mol. The highest BCUT2D eigenvalue weighted by molar-refractivity contribution is 9.11. The Hall–Kier alpha value is -0.650. The van der Waals surface area contributed by atoms with Gasteiger partial charge in [-0.3, -0.25) is 4.79 Å². The van der Waals surface area contributed by atoms with Crippen LogP contribution in [0.15, 0.2) is 22.0 Å². The Morgan fingerprint density at radius 2 is 2.42 bits per heavy atom. The Labute approximate surface area is 126 Å². The van der Waals surface area contributed by atoms with Crippen molar-refractivity contribution in [1.29, 1.82) is 0 Å². The van der Waals surface area contributed by atoms with E-state index in [1.54, 1.807) is 24.3 Å². The first kappa shape index (κ1) is 14.8. The maximum Gasteiger partial charge on any atom is 0.246 e. The topological polar surface area (TPSA) is 40.5 Å². The molecule has 0 radical (unpaired) electrons. The van der Waals surface area contributed by atoms with Gasteiger partial charge in [0.15, 0.2) is 0 Å². The van der Waals surface area contributed by atoms with E-state index in [0.717, 1.165) is 28.0 Å². The zero-order valence-electron chi connectivity index (χ0n) is 10.9. The van der Waals surface area contributed by atoms with Crippen LogP contribution in [0.1, 0.15) is 24.6 Å². The summed E-state index contributed by atoms with van der Waals surface area (Å²) in [6, 6.07) is 3.95. The molecule has 1 fully saturated rings. The third-order valence-electron chi connectivity index (χ3n) is 3.44. The number of rotatable bonds is 3. The lowest BCUT2D eigenvalue weighted by molar-refractivity contribution is -0.128. The summed E-state index contributed by atoms with van der Waals surface area (Å²) in [5, 5.41) is 9.63. The van der Waals surface area contributed by atoms with E-state index >= 15 is 0 Å². The van der Waals surface area contributed by atoms with Crippen LogP contribution in [0.2, 0.25) is 0 Å². The molecule has 19 heavy (non-hydrogen) atoms. The molecule has 1 aliphatic heterocycles. The fourth-order valence-electron chi connectivity index (χ4n) is 2.28. The van der Waals surface area contributed by atoms with Crippen molar-refractivity contribution in [2.24, 2.45) is 5.92 Å². The summed E-state index contributed by atoms with van der Waals surface area (Å²) < 4.78 is 1.06. The minimum Gasteiger partial charge on any atom is -0.393 e. The van der Waals surface area contributed by atoms with E-state index in [4.69, 9.17) is 0 Å². The molecule has 1 saturated heterocycles. The molecule has 1 N–H and O–H groups in total. The zero-order valence-corrected chi connectivity index (χ0v) is 13.3. The number of piperidine rings is 1. The molecular formula is C14H18BrNO2S. The molecule has 0 aromatic carbocycles. The number of amides is 1. The predicted octanol–water partition coefficient (Wildman–Crippen LogP) is 3.14. The van der Waals surface area contributed by atoms with Crippen molar-refractivity contribution >= 4 is 39.2 Å². The van der Waals surface area contributed by atoms with Crippen molar-refractivity contribution in [3.05, 3.63) is 26.9 Å². The van der Waals surface area contributed by atoms with Gasteiger partial charge in [0.25, 0.3) is 0 Å². The summed E-state index contributed by atoms with van der Waals surface area (Å²) >= 11 is 5.00. The molecule has 1 aliphatic rings. The molecule has 2 unspecified atom stereocenters. The third-order valence-corrected chi connectivity index (χ3v) is 5.02. The van der Waals surface area contributed by atoms with E-state index in [-0.39, 0.29) is 17.9 Å². The van der Waals surface area contributed by atoms with Gasteiger partial charge in [0, 0.05) is 30.0 Å². The van der Waals surface area contributed by atoms with Crippen LogP contribution in [-0.4, -0.2) is 35.1 Å². The average Bonchev–Trinajstić information content (AvgIpc) is 2.82. The van der Waals surface area contributed by atoms with Gasteiger partial charge < -0.3 is 10.0 Å². The lowest BCUT2D eigenvalue weighted by atomic mass is 9.93. The minimum absolute atomic E-state index is 0.0369. The van der Waals surface area contributed by atoms with E-state index in [9.17, 15) is 9.90 Å². The van der Waals surface area contributed by atoms with Gasteiger partial charge in [-0.1, -0.05) is 0 Å². The Bertz CT molecular complexity index is 470. The van der Waals surface area contributed by atoms with Gasteiger partial charge >= 0.3 is 0 Å². The van der Waals surface area contributed by atoms with Gasteiger partial charge in [0.1, 0.15) is 0 Å². The van der Waals surface area contributed by atoms with E-state index < -0.39 is 0 Å². The molecular weight excluding hydrogens is 326 g/mol. The fraction of sp³-hybridized carbons (Fsp3) is 0.500. The molecule has 0 spiro atoms. The first-order valence-corrected chi connectivity index (χ1v) is 8.07. The minimum atomic E-state index is -0.340. The summed E-state index contributed by atoms with van der Waals surface area (Å²) in [5.74, 6) is 0.247. The Morgan fingerprint density at radius 3 is 3.05 bits per heavy atom. The van der Waals surface area contributed by atoms with Crippen LogP contribution in [-0.2, 0) is 4.79 Å². The smallest absolute Gasteiger partial charge is 0.246 e. The molecule has 1 aromatic heterocycles. The van der Waals surface area contributed by atoms with Crippen LogP contribution in [0.3, 0.4) is 0 Å². The lowest BCUT2D eigenvalue weighted by Gasteiger charge is -2.33. The second-order valence-electron chi connectivity index (χ2n) is 4.90. The van der Waals surface area contributed by atoms with Gasteiger partial charge in [-0.2, -0.15) is 0 Å². The molecule has 1 aromatic rings.